The Kier molecular flexibility index (Phi) is 3.46. The van der Waals surface area contributed by atoms with E-state index < -0.39 is 0 Å². The Hall–Kier alpha value is -1.37. The van der Waals surface area contributed by atoms with Gasteiger partial charge in [0.05, 0.1) is 21.9 Å². The van der Waals surface area contributed by atoms with Crippen molar-refractivity contribution in [3.8, 4) is 17.1 Å². The maximum Gasteiger partial charge on any atom is 0.165 e. The minimum Gasteiger partial charge on any atom is -0.496 e. The van der Waals surface area contributed by atoms with Crippen LogP contribution in [-0.2, 0) is 0 Å². The fourth-order valence-electron chi connectivity index (χ4n) is 1.53. The van der Waals surface area contributed by atoms with Crippen molar-refractivity contribution in [1.82, 2.24) is 9.97 Å². The van der Waals surface area contributed by atoms with Gasteiger partial charge < -0.3 is 10.5 Å². The summed E-state index contributed by atoms with van der Waals surface area (Å²) in [5.74, 6) is 1.84. The van der Waals surface area contributed by atoms with Gasteiger partial charge in [-0.2, -0.15) is 0 Å². The Morgan fingerprint density at radius 2 is 1.94 bits per heavy atom. The molecule has 2 aromatic rings. The molecular weight excluding hydrogens is 329 g/mol. The molecule has 0 fully saturated rings. The average Bonchev–Trinajstić information content (AvgIpc) is 2.35. The number of hydrogen-bond acceptors (Lipinski definition) is 4. The van der Waals surface area contributed by atoms with E-state index in [1.165, 1.54) is 0 Å². The second-order valence-corrected chi connectivity index (χ2v) is 4.61. The average molecular weight is 341 g/mol. The fourth-order valence-corrected chi connectivity index (χ4v) is 1.77. The Bertz CT molecular complexity index is 534. The number of rotatable bonds is 2. The molecule has 0 saturated heterocycles. The number of benzene rings is 1. The van der Waals surface area contributed by atoms with E-state index in [1.54, 1.807) is 7.11 Å². The lowest BCUT2D eigenvalue weighted by atomic mass is 10.2. The standard InChI is InChI=1S/C12H12IN3O/c1-7-10(13)11(14)16-12(15-7)8-5-3-4-6-9(8)17-2/h3-6H,1-2H3,(H2,14,15,16). The summed E-state index contributed by atoms with van der Waals surface area (Å²) in [6.45, 7) is 1.92. The zero-order valence-electron chi connectivity index (χ0n) is 9.57. The maximum atomic E-state index is 5.85. The van der Waals surface area contributed by atoms with Gasteiger partial charge in [0.2, 0.25) is 0 Å². The number of methoxy groups -OCH3 is 1. The summed E-state index contributed by atoms with van der Waals surface area (Å²) < 4.78 is 6.18. The SMILES string of the molecule is COc1ccccc1-c1nc(C)c(I)c(N)n1. The molecule has 2 N–H and O–H groups in total. The van der Waals surface area contributed by atoms with E-state index in [2.05, 4.69) is 32.6 Å². The van der Waals surface area contributed by atoms with Crippen LogP contribution in [0.3, 0.4) is 0 Å². The Balaban J connectivity index is 2.61. The zero-order chi connectivity index (χ0) is 12.4. The van der Waals surface area contributed by atoms with E-state index in [-0.39, 0.29) is 0 Å². The van der Waals surface area contributed by atoms with Crippen molar-refractivity contribution in [2.45, 2.75) is 6.92 Å². The molecule has 1 aromatic carbocycles. The van der Waals surface area contributed by atoms with Gasteiger partial charge in [-0.25, -0.2) is 9.97 Å². The fraction of sp³-hybridized carbons (Fsp3) is 0.167. The summed E-state index contributed by atoms with van der Waals surface area (Å²) in [5.41, 5.74) is 7.57. The molecule has 0 amide bonds. The Morgan fingerprint density at radius 3 is 2.59 bits per heavy atom. The molecule has 0 radical (unpaired) electrons. The first-order valence-electron chi connectivity index (χ1n) is 5.06. The molecule has 4 nitrogen and oxygen atoms in total. The predicted molar refractivity (Wildman–Crippen MR) is 75.9 cm³/mol. The normalized spacial score (nSPS) is 10.3. The number of ether oxygens (including phenoxy) is 1. The van der Waals surface area contributed by atoms with Crippen LogP contribution in [0.2, 0.25) is 0 Å². The predicted octanol–water partition coefficient (Wildman–Crippen LogP) is 2.65. The molecule has 0 spiro atoms. The molecule has 0 bridgehead atoms. The molecule has 2 rings (SSSR count). The van der Waals surface area contributed by atoms with Crippen molar-refractivity contribution in [3.05, 3.63) is 33.5 Å². The second kappa shape index (κ2) is 4.87. The quantitative estimate of drug-likeness (QED) is 0.853. The number of nitrogen functional groups attached to an aromatic ring is 1. The number of hydrogen-bond donors (Lipinski definition) is 1. The topological polar surface area (TPSA) is 61.0 Å². The number of aromatic nitrogens is 2. The largest absolute Gasteiger partial charge is 0.496 e. The molecule has 5 heteroatoms. The summed E-state index contributed by atoms with van der Waals surface area (Å²) in [6.07, 6.45) is 0. The van der Waals surface area contributed by atoms with Crippen LogP contribution in [0.25, 0.3) is 11.4 Å². The molecule has 17 heavy (non-hydrogen) atoms. The molecule has 0 aliphatic carbocycles. The number of halogens is 1. The van der Waals surface area contributed by atoms with Crippen LogP contribution in [-0.4, -0.2) is 17.1 Å². The third-order valence-corrected chi connectivity index (χ3v) is 3.72. The van der Waals surface area contributed by atoms with Crippen LogP contribution in [0.15, 0.2) is 24.3 Å². The van der Waals surface area contributed by atoms with E-state index in [0.717, 1.165) is 20.6 Å². The maximum absolute atomic E-state index is 5.85. The molecule has 1 heterocycles. The van der Waals surface area contributed by atoms with Gasteiger partial charge in [-0.15, -0.1) is 0 Å². The number of nitrogens with zero attached hydrogens (tertiary/aromatic N) is 2. The van der Waals surface area contributed by atoms with E-state index >= 15 is 0 Å². The highest BCUT2D eigenvalue weighted by Crippen LogP contribution is 2.28. The molecule has 0 aliphatic rings. The third kappa shape index (κ3) is 2.33. The summed E-state index contributed by atoms with van der Waals surface area (Å²) in [6, 6.07) is 7.62. The van der Waals surface area contributed by atoms with E-state index in [0.29, 0.717) is 11.6 Å². The smallest absolute Gasteiger partial charge is 0.165 e. The lowest BCUT2D eigenvalue weighted by Crippen LogP contribution is -2.02. The van der Waals surface area contributed by atoms with Crippen molar-refractivity contribution in [2.24, 2.45) is 0 Å². The first-order chi connectivity index (χ1) is 8.13. The van der Waals surface area contributed by atoms with Crippen LogP contribution >= 0.6 is 22.6 Å². The minimum absolute atomic E-state index is 0.499. The van der Waals surface area contributed by atoms with Crippen LogP contribution in [0, 0.1) is 10.5 Å². The van der Waals surface area contributed by atoms with Gasteiger partial charge in [-0.1, -0.05) is 12.1 Å². The number of aryl methyl sites for hydroxylation is 1. The van der Waals surface area contributed by atoms with Crippen molar-refractivity contribution in [3.63, 3.8) is 0 Å². The first kappa shape index (κ1) is 12.1. The van der Waals surface area contributed by atoms with E-state index in [1.807, 2.05) is 31.2 Å². The van der Waals surface area contributed by atoms with Crippen LogP contribution in [0.4, 0.5) is 5.82 Å². The van der Waals surface area contributed by atoms with Gasteiger partial charge in [0.1, 0.15) is 11.6 Å². The molecule has 0 saturated carbocycles. The molecular formula is C12H12IN3O. The van der Waals surface area contributed by atoms with Crippen molar-refractivity contribution in [1.29, 1.82) is 0 Å². The number of para-hydroxylation sites is 1. The summed E-state index contributed by atoms with van der Waals surface area (Å²) in [5, 5.41) is 0. The van der Waals surface area contributed by atoms with Gasteiger partial charge in [0.15, 0.2) is 5.82 Å². The third-order valence-electron chi connectivity index (χ3n) is 2.39. The van der Waals surface area contributed by atoms with Crippen LogP contribution in [0.1, 0.15) is 5.69 Å². The zero-order valence-corrected chi connectivity index (χ0v) is 11.7. The van der Waals surface area contributed by atoms with E-state index in [9.17, 15) is 0 Å². The summed E-state index contributed by atoms with van der Waals surface area (Å²) in [4.78, 5) is 8.73. The van der Waals surface area contributed by atoms with Crippen molar-refractivity contribution >= 4 is 28.4 Å². The monoisotopic (exact) mass is 341 g/mol. The molecule has 88 valence electrons. The van der Waals surface area contributed by atoms with Gasteiger partial charge >= 0.3 is 0 Å². The molecule has 0 atom stereocenters. The number of anilines is 1. The van der Waals surface area contributed by atoms with Gasteiger partial charge in [0, 0.05) is 0 Å². The minimum atomic E-state index is 0.499. The highest BCUT2D eigenvalue weighted by molar-refractivity contribution is 14.1. The van der Waals surface area contributed by atoms with Crippen molar-refractivity contribution < 1.29 is 4.74 Å². The number of nitrogens with two attached hydrogens (primary N) is 1. The summed E-state index contributed by atoms with van der Waals surface area (Å²) >= 11 is 2.14. The van der Waals surface area contributed by atoms with Gasteiger partial charge in [-0.05, 0) is 41.6 Å². The highest BCUT2D eigenvalue weighted by atomic mass is 127. The molecule has 1 aromatic heterocycles. The highest BCUT2D eigenvalue weighted by Gasteiger charge is 2.11. The summed E-state index contributed by atoms with van der Waals surface area (Å²) in [7, 11) is 1.63. The second-order valence-electron chi connectivity index (χ2n) is 3.53. The molecule has 0 unspecified atom stereocenters. The lowest BCUT2D eigenvalue weighted by Gasteiger charge is -2.09. The van der Waals surface area contributed by atoms with Gasteiger partial charge in [-0.3, -0.25) is 0 Å². The molecule has 0 aliphatic heterocycles. The van der Waals surface area contributed by atoms with Gasteiger partial charge in [0.25, 0.3) is 0 Å². The van der Waals surface area contributed by atoms with E-state index in [4.69, 9.17) is 10.5 Å². The first-order valence-corrected chi connectivity index (χ1v) is 6.14. The van der Waals surface area contributed by atoms with Crippen LogP contribution < -0.4 is 10.5 Å². The Morgan fingerprint density at radius 1 is 1.24 bits per heavy atom. The van der Waals surface area contributed by atoms with Crippen LogP contribution in [0.5, 0.6) is 5.75 Å². The lowest BCUT2D eigenvalue weighted by molar-refractivity contribution is 0.416. The Labute approximate surface area is 113 Å². The van der Waals surface area contributed by atoms with Crippen molar-refractivity contribution in [2.75, 3.05) is 12.8 Å².